The Balaban J connectivity index is 1.52. The van der Waals surface area contributed by atoms with Crippen molar-refractivity contribution < 1.29 is 23.8 Å². The number of aryl methyl sites for hydroxylation is 1. The largest absolute Gasteiger partial charge is 0.458 e. The number of carbonyl (C=O) groups is 2. The summed E-state index contributed by atoms with van der Waals surface area (Å²) < 4.78 is 21.8. The van der Waals surface area contributed by atoms with Crippen molar-refractivity contribution >= 4 is 22.8 Å². The number of fused-ring (bicyclic) bond motifs is 5. The highest BCUT2D eigenvalue weighted by molar-refractivity contribution is 5.94. The molecule has 0 saturated heterocycles. The molecule has 3 N–H and O–H groups in total. The number of benzene rings is 1. The van der Waals surface area contributed by atoms with Crippen LogP contribution in [-0.4, -0.2) is 39.6 Å². The maximum Gasteiger partial charge on any atom is 0.343 e. The molecule has 210 valence electrons. The topological polar surface area (TPSA) is 123 Å². The van der Waals surface area contributed by atoms with Gasteiger partial charge in [0.1, 0.15) is 12.4 Å². The number of amides is 1. The van der Waals surface area contributed by atoms with Gasteiger partial charge in [-0.15, -0.1) is 0 Å². The number of aliphatic hydroxyl groups is 1. The molecule has 0 fully saturated rings. The van der Waals surface area contributed by atoms with Crippen LogP contribution in [0.4, 0.5) is 4.39 Å². The maximum atomic E-state index is 15.0. The molecule has 0 radical (unpaired) electrons. The zero-order valence-corrected chi connectivity index (χ0v) is 22.9. The molecule has 1 aromatic carbocycles. The lowest BCUT2D eigenvalue weighted by Gasteiger charge is -2.31. The van der Waals surface area contributed by atoms with Crippen molar-refractivity contribution in [1.29, 1.82) is 0 Å². The Labute approximate surface area is 230 Å². The lowest BCUT2D eigenvalue weighted by Crippen LogP contribution is -2.44. The van der Waals surface area contributed by atoms with Crippen LogP contribution in [0.1, 0.15) is 79.0 Å². The quantitative estimate of drug-likeness (QED) is 0.240. The summed E-state index contributed by atoms with van der Waals surface area (Å²) in [6.07, 6.45) is 2.33. The number of hydrogen-bond donors (Lipinski definition) is 3. The lowest BCUT2D eigenvalue weighted by molar-refractivity contribution is -0.172. The Morgan fingerprint density at radius 1 is 1.25 bits per heavy atom. The van der Waals surface area contributed by atoms with Gasteiger partial charge >= 0.3 is 5.97 Å². The van der Waals surface area contributed by atoms with Gasteiger partial charge in [0, 0.05) is 29.0 Å². The summed E-state index contributed by atoms with van der Waals surface area (Å²) in [4.78, 5) is 44.0. The van der Waals surface area contributed by atoms with Gasteiger partial charge in [-0.3, -0.25) is 9.59 Å². The number of ether oxygens (including phenoxy) is 1. The molecular formula is C30H33FN4O5. The SMILES string of the molecule is CCNCCCC(=O)N[C@H]1CCc2c(C)c(F)cc3nc4c(c1c23)Cn1c-4cc2c(c1=O)COC(=O)[C@]2(O)CC. The number of halogens is 1. The third-order valence-electron chi connectivity index (χ3n) is 8.72. The summed E-state index contributed by atoms with van der Waals surface area (Å²) in [5.74, 6) is -1.20. The number of carbonyl (C=O) groups excluding carboxylic acids is 2. The molecule has 10 heteroatoms. The second kappa shape index (κ2) is 9.78. The van der Waals surface area contributed by atoms with Crippen LogP contribution >= 0.6 is 0 Å². The predicted octanol–water partition coefficient (Wildman–Crippen LogP) is 3.02. The Hall–Kier alpha value is -3.63. The molecule has 0 bridgehead atoms. The zero-order valence-electron chi connectivity index (χ0n) is 22.9. The smallest absolute Gasteiger partial charge is 0.343 e. The van der Waals surface area contributed by atoms with Crippen molar-refractivity contribution in [2.45, 2.75) is 77.7 Å². The minimum atomic E-state index is -1.93. The normalized spacial score (nSPS) is 20.6. The molecule has 2 aliphatic heterocycles. The van der Waals surface area contributed by atoms with E-state index >= 15 is 4.39 Å². The Bertz CT molecular complexity index is 1650. The van der Waals surface area contributed by atoms with Crippen LogP contribution in [0.25, 0.3) is 22.3 Å². The number of pyridine rings is 2. The maximum absolute atomic E-state index is 15.0. The molecule has 9 nitrogen and oxygen atoms in total. The van der Waals surface area contributed by atoms with Crippen LogP contribution in [0.5, 0.6) is 0 Å². The number of cyclic esters (lactones) is 1. The summed E-state index contributed by atoms with van der Waals surface area (Å²) in [7, 11) is 0. The van der Waals surface area contributed by atoms with Crippen molar-refractivity contribution in [3.8, 4) is 11.4 Å². The highest BCUT2D eigenvalue weighted by Crippen LogP contribution is 2.45. The summed E-state index contributed by atoms with van der Waals surface area (Å²) >= 11 is 0. The van der Waals surface area contributed by atoms with E-state index in [1.165, 1.54) is 6.07 Å². The van der Waals surface area contributed by atoms with Gasteiger partial charge in [0.05, 0.1) is 35.1 Å². The Morgan fingerprint density at radius 3 is 2.80 bits per heavy atom. The van der Waals surface area contributed by atoms with Gasteiger partial charge in [0.2, 0.25) is 5.91 Å². The van der Waals surface area contributed by atoms with Crippen LogP contribution < -0.4 is 16.2 Å². The average molecular weight is 549 g/mol. The molecule has 3 aliphatic rings. The van der Waals surface area contributed by atoms with E-state index < -0.39 is 11.6 Å². The van der Waals surface area contributed by atoms with Crippen LogP contribution in [0.2, 0.25) is 0 Å². The summed E-state index contributed by atoms with van der Waals surface area (Å²) in [6, 6.07) is 2.75. The first-order valence-electron chi connectivity index (χ1n) is 14.0. The van der Waals surface area contributed by atoms with Crippen molar-refractivity contribution in [2.24, 2.45) is 0 Å². The lowest BCUT2D eigenvalue weighted by atomic mass is 9.81. The molecule has 0 unspecified atom stereocenters. The van der Waals surface area contributed by atoms with Crippen LogP contribution in [0, 0.1) is 12.7 Å². The molecule has 2 aromatic heterocycles. The molecule has 0 spiro atoms. The van der Waals surface area contributed by atoms with Gasteiger partial charge in [-0.05, 0) is 68.5 Å². The first-order chi connectivity index (χ1) is 19.2. The second-order valence-corrected chi connectivity index (χ2v) is 10.9. The monoisotopic (exact) mass is 548 g/mol. The summed E-state index contributed by atoms with van der Waals surface area (Å²) in [5.41, 5.74) is 2.70. The van der Waals surface area contributed by atoms with E-state index in [-0.39, 0.29) is 54.0 Å². The van der Waals surface area contributed by atoms with Gasteiger partial charge in [-0.2, -0.15) is 0 Å². The van der Waals surface area contributed by atoms with Gasteiger partial charge in [0.15, 0.2) is 5.60 Å². The molecule has 2 atom stereocenters. The summed E-state index contributed by atoms with van der Waals surface area (Å²) in [5, 5.41) is 18.5. The number of nitrogens with zero attached hydrogens (tertiary/aromatic N) is 2. The highest BCUT2D eigenvalue weighted by atomic mass is 19.1. The van der Waals surface area contributed by atoms with E-state index in [1.807, 2.05) is 6.92 Å². The molecule has 0 saturated carbocycles. The first-order valence-corrected chi connectivity index (χ1v) is 14.0. The molecule has 3 aromatic rings. The van der Waals surface area contributed by atoms with Gasteiger partial charge < -0.3 is 25.0 Å². The molecule has 4 heterocycles. The number of esters is 1. The summed E-state index contributed by atoms with van der Waals surface area (Å²) in [6.45, 7) is 7.04. The average Bonchev–Trinajstić information content (AvgIpc) is 3.31. The predicted molar refractivity (Wildman–Crippen MR) is 146 cm³/mol. The van der Waals surface area contributed by atoms with Crippen LogP contribution in [0.3, 0.4) is 0 Å². The van der Waals surface area contributed by atoms with Crippen molar-refractivity contribution in [3.63, 3.8) is 0 Å². The van der Waals surface area contributed by atoms with Gasteiger partial charge in [-0.1, -0.05) is 13.8 Å². The second-order valence-electron chi connectivity index (χ2n) is 10.9. The third-order valence-corrected chi connectivity index (χ3v) is 8.72. The fourth-order valence-electron chi connectivity index (χ4n) is 6.52. The first kappa shape index (κ1) is 26.6. The minimum Gasteiger partial charge on any atom is -0.458 e. The number of hydrogen-bond acceptors (Lipinski definition) is 7. The molecule has 1 aliphatic carbocycles. The minimum absolute atomic E-state index is 0.0424. The molecule has 6 rings (SSSR count). The molecule has 1 amide bonds. The Morgan fingerprint density at radius 2 is 2.05 bits per heavy atom. The number of nitrogens with one attached hydrogen (secondary N) is 2. The van der Waals surface area contributed by atoms with E-state index in [0.29, 0.717) is 48.2 Å². The number of aromatic nitrogens is 2. The Kier molecular flexibility index (Phi) is 6.50. The van der Waals surface area contributed by atoms with Gasteiger partial charge in [-0.25, -0.2) is 14.2 Å². The third kappa shape index (κ3) is 3.88. The van der Waals surface area contributed by atoms with Gasteiger partial charge in [0.25, 0.3) is 5.56 Å². The molecule has 40 heavy (non-hydrogen) atoms. The van der Waals surface area contributed by atoms with E-state index in [4.69, 9.17) is 9.72 Å². The van der Waals surface area contributed by atoms with Crippen molar-refractivity contribution in [2.75, 3.05) is 13.1 Å². The van der Waals surface area contributed by atoms with E-state index in [2.05, 4.69) is 10.6 Å². The number of rotatable bonds is 7. The van der Waals surface area contributed by atoms with Crippen LogP contribution in [-0.2, 0) is 39.5 Å². The molecular weight excluding hydrogens is 515 g/mol. The van der Waals surface area contributed by atoms with Crippen LogP contribution in [0.15, 0.2) is 16.9 Å². The van der Waals surface area contributed by atoms with Crippen molar-refractivity contribution in [1.82, 2.24) is 20.2 Å². The fraction of sp³-hybridized carbons (Fsp3) is 0.467. The van der Waals surface area contributed by atoms with Crippen molar-refractivity contribution in [3.05, 3.63) is 61.7 Å². The fourth-order valence-corrected chi connectivity index (χ4v) is 6.52. The van der Waals surface area contributed by atoms with E-state index in [1.54, 1.807) is 24.5 Å². The zero-order chi connectivity index (χ0) is 28.3. The highest BCUT2D eigenvalue weighted by Gasteiger charge is 2.46. The standard InChI is InChI=1S/C30H33FN4O5/c1-4-30(39)19-11-23-27-17(13-35(23)28(37)18(19)14-40-29(30)38)26-21(33-24(36)7-6-10-32-5-2)9-8-16-15(3)20(31)12-22(34-27)25(16)26/h11-12,21,32,39H,4-10,13-14H2,1-3H3,(H,33,36)/t21-,30-/m0/s1. The van der Waals surface area contributed by atoms with E-state index in [9.17, 15) is 19.5 Å². The van der Waals surface area contributed by atoms with E-state index in [0.717, 1.165) is 35.2 Å².